The van der Waals surface area contributed by atoms with E-state index in [1.807, 2.05) is 0 Å². The maximum absolute atomic E-state index is 12.6. The average molecular weight is 252 g/mol. The minimum absolute atomic E-state index is 0.245. The monoisotopic (exact) mass is 252 g/mol. The highest BCUT2D eigenvalue weighted by molar-refractivity contribution is 5.79. The predicted octanol–water partition coefficient (Wildman–Crippen LogP) is 2.56. The number of amides is 1. The molecule has 0 aromatic carbocycles. The number of rotatable bonds is 6. The summed E-state index contributed by atoms with van der Waals surface area (Å²) in [7, 11) is 0. The summed E-state index contributed by atoms with van der Waals surface area (Å²) in [5.74, 6) is 0.657. The summed E-state index contributed by atoms with van der Waals surface area (Å²) in [5.41, 5.74) is 0. The molecule has 2 rings (SSSR count). The molecule has 18 heavy (non-hydrogen) atoms. The molecule has 1 saturated carbocycles. The van der Waals surface area contributed by atoms with E-state index in [1.165, 1.54) is 32.1 Å². The van der Waals surface area contributed by atoms with Crippen molar-refractivity contribution in [2.24, 2.45) is 5.92 Å². The first-order valence-corrected chi connectivity index (χ1v) is 7.80. The van der Waals surface area contributed by atoms with Gasteiger partial charge in [-0.05, 0) is 45.1 Å². The number of carbonyl (C=O) groups is 1. The van der Waals surface area contributed by atoms with Gasteiger partial charge in [-0.1, -0.05) is 20.3 Å². The zero-order valence-electron chi connectivity index (χ0n) is 12.0. The van der Waals surface area contributed by atoms with Gasteiger partial charge in [0.2, 0.25) is 5.91 Å². The van der Waals surface area contributed by atoms with Crippen molar-refractivity contribution in [2.45, 2.75) is 70.9 Å². The largest absolute Gasteiger partial charge is 0.338 e. The number of carbonyl (C=O) groups excluding carboxylic acids is 1. The number of nitrogens with zero attached hydrogens (tertiary/aromatic N) is 1. The van der Waals surface area contributed by atoms with E-state index in [4.69, 9.17) is 0 Å². The Morgan fingerprint density at radius 2 is 1.94 bits per heavy atom. The highest BCUT2D eigenvalue weighted by Gasteiger charge is 2.36. The van der Waals surface area contributed by atoms with Crippen molar-refractivity contribution in [3.63, 3.8) is 0 Å². The standard InChI is InChI=1S/C15H28N2O/c1-3-12(4-2)15(18)17(14-8-9-14)11-13-7-5-6-10-16-13/h12-14,16H,3-11H2,1-2H3. The predicted molar refractivity (Wildman–Crippen MR) is 74.4 cm³/mol. The van der Waals surface area contributed by atoms with Crippen LogP contribution in [0.15, 0.2) is 0 Å². The first-order valence-electron chi connectivity index (χ1n) is 7.80. The van der Waals surface area contributed by atoms with Crippen LogP contribution in [0, 0.1) is 5.92 Å². The molecule has 0 spiro atoms. The van der Waals surface area contributed by atoms with Crippen LogP contribution in [-0.4, -0.2) is 36.0 Å². The van der Waals surface area contributed by atoms with E-state index >= 15 is 0 Å². The van der Waals surface area contributed by atoms with Crippen LogP contribution in [0.3, 0.4) is 0 Å². The summed E-state index contributed by atoms with van der Waals surface area (Å²) in [6.07, 6.45) is 8.25. The zero-order valence-corrected chi connectivity index (χ0v) is 12.0. The van der Waals surface area contributed by atoms with Gasteiger partial charge in [-0.25, -0.2) is 0 Å². The van der Waals surface area contributed by atoms with Crippen LogP contribution in [0.4, 0.5) is 0 Å². The van der Waals surface area contributed by atoms with Crippen LogP contribution < -0.4 is 5.32 Å². The van der Waals surface area contributed by atoms with E-state index in [9.17, 15) is 4.79 Å². The minimum atomic E-state index is 0.245. The normalized spacial score (nSPS) is 24.3. The molecule has 3 heteroatoms. The number of hydrogen-bond acceptors (Lipinski definition) is 2. The molecule has 2 fully saturated rings. The van der Waals surface area contributed by atoms with Crippen molar-refractivity contribution in [3.8, 4) is 0 Å². The van der Waals surface area contributed by atoms with Crippen LogP contribution in [0.2, 0.25) is 0 Å². The van der Waals surface area contributed by atoms with Crippen LogP contribution in [0.5, 0.6) is 0 Å². The van der Waals surface area contributed by atoms with E-state index in [2.05, 4.69) is 24.1 Å². The van der Waals surface area contributed by atoms with Crippen molar-refractivity contribution >= 4 is 5.91 Å². The Morgan fingerprint density at radius 3 is 2.44 bits per heavy atom. The van der Waals surface area contributed by atoms with Crippen LogP contribution in [0.1, 0.15) is 58.8 Å². The van der Waals surface area contributed by atoms with E-state index in [0.29, 0.717) is 18.0 Å². The number of nitrogens with one attached hydrogen (secondary N) is 1. The van der Waals surface area contributed by atoms with Gasteiger partial charge in [-0.2, -0.15) is 0 Å². The summed E-state index contributed by atoms with van der Waals surface area (Å²) in [6, 6.07) is 1.10. The van der Waals surface area contributed by atoms with Gasteiger partial charge in [-0.3, -0.25) is 4.79 Å². The van der Waals surface area contributed by atoms with Crippen molar-refractivity contribution in [1.82, 2.24) is 10.2 Å². The molecule has 1 heterocycles. The Bertz CT molecular complexity index is 266. The Labute approximate surface area is 111 Å². The summed E-state index contributed by atoms with van der Waals surface area (Å²) in [6.45, 7) is 6.34. The molecule has 3 nitrogen and oxygen atoms in total. The SMILES string of the molecule is CCC(CC)C(=O)N(CC1CCCCN1)C1CC1. The summed E-state index contributed by atoms with van der Waals surface area (Å²) < 4.78 is 0. The maximum Gasteiger partial charge on any atom is 0.225 e. The van der Waals surface area contributed by atoms with Crippen LogP contribution >= 0.6 is 0 Å². The molecule has 104 valence electrons. The first kappa shape index (κ1) is 13.9. The van der Waals surface area contributed by atoms with Crippen molar-refractivity contribution in [3.05, 3.63) is 0 Å². The zero-order chi connectivity index (χ0) is 13.0. The van der Waals surface area contributed by atoms with Crippen molar-refractivity contribution in [2.75, 3.05) is 13.1 Å². The molecule has 1 saturated heterocycles. The Morgan fingerprint density at radius 1 is 1.22 bits per heavy atom. The maximum atomic E-state index is 12.6. The lowest BCUT2D eigenvalue weighted by Crippen LogP contribution is -2.48. The fraction of sp³-hybridized carbons (Fsp3) is 0.933. The van der Waals surface area contributed by atoms with Gasteiger partial charge < -0.3 is 10.2 Å². The second-order valence-electron chi connectivity index (χ2n) is 5.88. The third-order valence-electron chi connectivity index (χ3n) is 4.44. The fourth-order valence-corrected chi connectivity index (χ4v) is 2.99. The second kappa shape index (κ2) is 6.55. The third-order valence-corrected chi connectivity index (χ3v) is 4.44. The van der Waals surface area contributed by atoms with Crippen LogP contribution in [-0.2, 0) is 4.79 Å². The lowest BCUT2D eigenvalue weighted by atomic mass is 10.00. The van der Waals surface area contributed by atoms with E-state index in [1.54, 1.807) is 0 Å². The van der Waals surface area contributed by atoms with Gasteiger partial charge in [-0.15, -0.1) is 0 Å². The van der Waals surface area contributed by atoms with E-state index in [0.717, 1.165) is 25.9 Å². The van der Waals surface area contributed by atoms with Gasteiger partial charge in [0.1, 0.15) is 0 Å². The Kier molecular flexibility index (Phi) is 5.04. The van der Waals surface area contributed by atoms with Crippen molar-refractivity contribution in [1.29, 1.82) is 0 Å². The van der Waals surface area contributed by atoms with Gasteiger partial charge in [0.05, 0.1) is 0 Å². The van der Waals surface area contributed by atoms with Gasteiger partial charge >= 0.3 is 0 Å². The molecule has 0 aromatic rings. The molecule has 1 amide bonds. The molecular formula is C15H28N2O. The van der Waals surface area contributed by atoms with Crippen LogP contribution in [0.25, 0.3) is 0 Å². The quantitative estimate of drug-likeness (QED) is 0.788. The minimum Gasteiger partial charge on any atom is -0.338 e. The third kappa shape index (κ3) is 3.47. The van der Waals surface area contributed by atoms with Gasteiger partial charge in [0, 0.05) is 24.5 Å². The Balaban J connectivity index is 1.92. The van der Waals surface area contributed by atoms with E-state index < -0.39 is 0 Å². The molecule has 1 unspecified atom stereocenters. The fourth-order valence-electron chi connectivity index (χ4n) is 2.99. The highest BCUT2D eigenvalue weighted by atomic mass is 16.2. The molecule has 0 radical (unpaired) electrons. The number of hydrogen-bond donors (Lipinski definition) is 1. The molecule has 2 aliphatic rings. The molecule has 0 aromatic heterocycles. The smallest absolute Gasteiger partial charge is 0.225 e. The van der Waals surface area contributed by atoms with Gasteiger partial charge in [0.25, 0.3) is 0 Å². The topological polar surface area (TPSA) is 32.3 Å². The molecule has 0 bridgehead atoms. The highest BCUT2D eigenvalue weighted by Crippen LogP contribution is 2.30. The molecule has 1 aliphatic heterocycles. The van der Waals surface area contributed by atoms with E-state index in [-0.39, 0.29) is 5.92 Å². The molecular weight excluding hydrogens is 224 g/mol. The van der Waals surface area contributed by atoms with Crippen molar-refractivity contribution < 1.29 is 4.79 Å². The summed E-state index contributed by atoms with van der Waals surface area (Å²) in [5, 5.41) is 3.57. The summed E-state index contributed by atoms with van der Waals surface area (Å²) >= 11 is 0. The van der Waals surface area contributed by atoms with Gasteiger partial charge in [0.15, 0.2) is 0 Å². The lowest BCUT2D eigenvalue weighted by Gasteiger charge is -2.32. The lowest BCUT2D eigenvalue weighted by molar-refractivity contribution is -0.136. The molecule has 1 atom stereocenters. The number of piperidine rings is 1. The molecule has 1 N–H and O–H groups in total. The Hall–Kier alpha value is -0.570. The molecule has 1 aliphatic carbocycles. The average Bonchev–Trinajstić information content (AvgIpc) is 3.23. The second-order valence-corrected chi connectivity index (χ2v) is 5.88. The first-order chi connectivity index (χ1) is 8.76. The summed E-state index contributed by atoms with van der Waals surface area (Å²) in [4.78, 5) is 14.8.